The van der Waals surface area contributed by atoms with Crippen LogP contribution in [0.2, 0.25) is 0 Å². The second-order valence-corrected chi connectivity index (χ2v) is 7.04. The molecule has 0 unspecified atom stereocenters. The fraction of sp³-hybridized carbons (Fsp3) is 0.556. The van der Waals surface area contributed by atoms with Gasteiger partial charge in [0.15, 0.2) is 0 Å². The minimum atomic E-state index is 0.483. The van der Waals surface area contributed by atoms with Crippen molar-refractivity contribution < 1.29 is 0 Å². The number of rotatable bonds is 5. The average molecular weight is 298 g/mol. The van der Waals surface area contributed by atoms with Gasteiger partial charge in [-0.3, -0.25) is 14.6 Å². The van der Waals surface area contributed by atoms with Gasteiger partial charge in [-0.25, -0.2) is 0 Å². The Labute approximate surface area is 133 Å². The highest BCUT2D eigenvalue weighted by molar-refractivity contribution is 5.17. The van der Waals surface area contributed by atoms with Crippen LogP contribution >= 0.6 is 0 Å². The van der Waals surface area contributed by atoms with Crippen LogP contribution in [0.1, 0.15) is 44.4 Å². The Bertz CT molecular complexity index is 590. The molecule has 2 aromatic rings. The minimum absolute atomic E-state index is 0.483. The summed E-state index contributed by atoms with van der Waals surface area (Å²) in [5.41, 5.74) is 2.64. The van der Waals surface area contributed by atoms with E-state index in [1.807, 2.05) is 24.7 Å². The predicted octanol–water partition coefficient (Wildman–Crippen LogP) is 3.52. The summed E-state index contributed by atoms with van der Waals surface area (Å²) in [4.78, 5) is 6.86. The van der Waals surface area contributed by atoms with Gasteiger partial charge < -0.3 is 0 Å². The molecule has 0 amide bonds. The van der Waals surface area contributed by atoms with E-state index in [1.54, 1.807) is 0 Å². The lowest BCUT2D eigenvalue weighted by Gasteiger charge is -2.23. The van der Waals surface area contributed by atoms with Crippen molar-refractivity contribution in [2.45, 2.75) is 46.3 Å². The van der Waals surface area contributed by atoms with Gasteiger partial charge in [0.05, 0.1) is 6.20 Å². The van der Waals surface area contributed by atoms with E-state index in [2.05, 4.69) is 52.7 Å². The quantitative estimate of drug-likeness (QED) is 0.847. The molecule has 2 aromatic heterocycles. The highest BCUT2D eigenvalue weighted by Gasteiger charge is 2.30. The Hall–Kier alpha value is -1.68. The van der Waals surface area contributed by atoms with Crippen LogP contribution in [0.3, 0.4) is 0 Å². The van der Waals surface area contributed by atoms with Gasteiger partial charge >= 0.3 is 0 Å². The van der Waals surface area contributed by atoms with Gasteiger partial charge in [-0.1, -0.05) is 26.8 Å². The molecule has 3 rings (SSSR count). The summed E-state index contributed by atoms with van der Waals surface area (Å²) >= 11 is 0. The maximum Gasteiger partial charge on any atom is 0.0534 e. The van der Waals surface area contributed by atoms with Crippen molar-refractivity contribution in [3.05, 3.63) is 48.0 Å². The highest BCUT2D eigenvalue weighted by Crippen LogP contribution is 2.35. The largest absolute Gasteiger partial charge is 0.292 e. The second-order valence-electron chi connectivity index (χ2n) is 7.04. The Kier molecular flexibility index (Phi) is 4.57. The Morgan fingerprint density at radius 1 is 1.32 bits per heavy atom. The van der Waals surface area contributed by atoms with Gasteiger partial charge in [-0.05, 0) is 29.9 Å². The van der Waals surface area contributed by atoms with E-state index in [0.717, 1.165) is 25.6 Å². The van der Waals surface area contributed by atoms with E-state index in [1.165, 1.54) is 17.5 Å². The molecule has 22 heavy (non-hydrogen) atoms. The molecule has 118 valence electrons. The molecule has 1 aliphatic heterocycles. The number of aromatic nitrogens is 3. The van der Waals surface area contributed by atoms with Crippen molar-refractivity contribution in [3.63, 3.8) is 0 Å². The van der Waals surface area contributed by atoms with E-state index in [9.17, 15) is 0 Å². The summed E-state index contributed by atoms with van der Waals surface area (Å²) in [6, 6.07) is 4.72. The summed E-state index contributed by atoms with van der Waals surface area (Å²) in [5, 5.41) is 4.49. The molecule has 0 aromatic carbocycles. The van der Waals surface area contributed by atoms with Gasteiger partial charge in [0, 0.05) is 49.8 Å². The lowest BCUT2D eigenvalue weighted by molar-refractivity contribution is 0.245. The SMILES string of the molecule is CC(C)Cn1cc(CN2C[C@@H](C)C[C@H]2c2cccnc2)cn1. The van der Waals surface area contributed by atoms with E-state index in [0.29, 0.717) is 12.0 Å². The third-order valence-corrected chi connectivity index (χ3v) is 4.31. The van der Waals surface area contributed by atoms with E-state index in [4.69, 9.17) is 0 Å². The third-order valence-electron chi connectivity index (χ3n) is 4.31. The number of hydrogen-bond donors (Lipinski definition) is 0. The Morgan fingerprint density at radius 3 is 2.91 bits per heavy atom. The highest BCUT2D eigenvalue weighted by atomic mass is 15.3. The molecule has 0 bridgehead atoms. The van der Waals surface area contributed by atoms with Crippen molar-refractivity contribution in [1.29, 1.82) is 0 Å². The molecule has 0 saturated carbocycles. The maximum absolute atomic E-state index is 4.49. The van der Waals surface area contributed by atoms with Crippen LogP contribution in [-0.4, -0.2) is 26.2 Å². The van der Waals surface area contributed by atoms with Crippen LogP contribution in [0.4, 0.5) is 0 Å². The second kappa shape index (κ2) is 6.61. The van der Waals surface area contributed by atoms with Gasteiger partial charge in [0.25, 0.3) is 0 Å². The van der Waals surface area contributed by atoms with Crippen LogP contribution in [0, 0.1) is 11.8 Å². The fourth-order valence-electron chi connectivity index (χ4n) is 3.42. The molecule has 3 heterocycles. The van der Waals surface area contributed by atoms with E-state index < -0.39 is 0 Å². The smallest absolute Gasteiger partial charge is 0.0534 e. The van der Waals surface area contributed by atoms with Crippen LogP contribution in [0.15, 0.2) is 36.9 Å². The third kappa shape index (κ3) is 3.55. The van der Waals surface area contributed by atoms with Gasteiger partial charge in [-0.2, -0.15) is 5.10 Å². The average Bonchev–Trinajstić information content (AvgIpc) is 3.06. The van der Waals surface area contributed by atoms with E-state index in [-0.39, 0.29) is 0 Å². The molecule has 1 fully saturated rings. The fourth-order valence-corrected chi connectivity index (χ4v) is 3.42. The number of pyridine rings is 1. The number of hydrogen-bond acceptors (Lipinski definition) is 3. The van der Waals surface area contributed by atoms with Gasteiger partial charge in [0.2, 0.25) is 0 Å². The molecule has 0 radical (unpaired) electrons. The molecular formula is C18H26N4. The molecule has 4 heteroatoms. The van der Waals surface area contributed by atoms with Crippen LogP contribution in [0.5, 0.6) is 0 Å². The summed E-state index contributed by atoms with van der Waals surface area (Å²) in [5.74, 6) is 1.36. The summed E-state index contributed by atoms with van der Waals surface area (Å²) < 4.78 is 2.07. The first-order valence-electron chi connectivity index (χ1n) is 8.27. The topological polar surface area (TPSA) is 34.0 Å². The monoisotopic (exact) mass is 298 g/mol. The summed E-state index contributed by atoms with van der Waals surface area (Å²) in [6.07, 6.45) is 9.29. The number of nitrogens with zero attached hydrogens (tertiary/aromatic N) is 4. The van der Waals surface area contributed by atoms with Gasteiger partial charge in [0.1, 0.15) is 0 Å². The van der Waals surface area contributed by atoms with Crippen molar-refractivity contribution in [2.75, 3.05) is 6.54 Å². The summed E-state index contributed by atoms with van der Waals surface area (Å²) in [7, 11) is 0. The predicted molar refractivity (Wildman–Crippen MR) is 88.2 cm³/mol. The zero-order chi connectivity index (χ0) is 15.5. The van der Waals surface area contributed by atoms with Crippen LogP contribution in [0.25, 0.3) is 0 Å². The minimum Gasteiger partial charge on any atom is -0.292 e. The van der Waals surface area contributed by atoms with Crippen molar-refractivity contribution >= 4 is 0 Å². The standard InChI is InChI=1S/C18H26N4/c1-14(2)10-22-13-16(8-20-22)12-21-11-15(3)7-18(21)17-5-4-6-19-9-17/h4-6,8-9,13-15,18H,7,10-12H2,1-3H3/t15-,18-/m0/s1. The zero-order valence-corrected chi connectivity index (χ0v) is 13.8. The van der Waals surface area contributed by atoms with Crippen LogP contribution in [-0.2, 0) is 13.1 Å². The van der Waals surface area contributed by atoms with E-state index >= 15 is 0 Å². The molecule has 0 N–H and O–H groups in total. The van der Waals surface area contributed by atoms with Crippen LogP contribution < -0.4 is 0 Å². The molecule has 4 nitrogen and oxygen atoms in total. The van der Waals surface area contributed by atoms with Crippen molar-refractivity contribution in [3.8, 4) is 0 Å². The lowest BCUT2D eigenvalue weighted by Crippen LogP contribution is -2.23. The maximum atomic E-state index is 4.49. The Morgan fingerprint density at radius 2 is 2.18 bits per heavy atom. The molecule has 0 spiro atoms. The van der Waals surface area contributed by atoms with Crippen molar-refractivity contribution in [2.24, 2.45) is 11.8 Å². The van der Waals surface area contributed by atoms with Crippen molar-refractivity contribution in [1.82, 2.24) is 19.7 Å². The molecule has 1 saturated heterocycles. The normalized spacial score (nSPS) is 22.5. The molecular weight excluding hydrogens is 272 g/mol. The first kappa shape index (κ1) is 15.2. The number of likely N-dealkylation sites (tertiary alicyclic amines) is 1. The molecule has 2 atom stereocenters. The molecule has 1 aliphatic rings. The molecule has 0 aliphatic carbocycles. The summed E-state index contributed by atoms with van der Waals surface area (Å²) in [6.45, 7) is 9.90. The zero-order valence-electron chi connectivity index (χ0n) is 13.8. The first-order valence-corrected chi connectivity index (χ1v) is 8.27. The Balaban J connectivity index is 1.71. The first-order chi connectivity index (χ1) is 10.6. The van der Waals surface area contributed by atoms with Gasteiger partial charge in [-0.15, -0.1) is 0 Å². The lowest BCUT2D eigenvalue weighted by atomic mass is 10.0.